The van der Waals surface area contributed by atoms with E-state index < -0.39 is 11.7 Å². The third-order valence-corrected chi connectivity index (χ3v) is 5.55. The third-order valence-electron chi connectivity index (χ3n) is 4.71. The van der Waals surface area contributed by atoms with Crippen molar-refractivity contribution < 1.29 is 23.1 Å². The topological polar surface area (TPSA) is 106 Å². The van der Waals surface area contributed by atoms with Gasteiger partial charge in [0, 0.05) is 30.6 Å². The highest BCUT2D eigenvalue weighted by Gasteiger charge is 2.23. The first-order valence-corrected chi connectivity index (χ1v) is 11.8. The van der Waals surface area contributed by atoms with Gasteiger partial charge >= 0.3 is 0 Å². The fraction of sp³-hybridized carbons (Fsp3) is 0.0833. The maximum atomic E-state index is 13.5. The highest BCUT2D eigenvalue weighted by atomic mass is 35.5. The van der Waals surface area contributed by atoms with Crippen LogP contribution >= 0.6 is 23.4 Å². The number of carbonyl (C=O) groups is 2. The molecule has 2 amide bonds. The fourth-order valence-electron chi connectivity index (χ4n) is 3.06. The molecule has 11 heteroatoms. The van der Waals surface area contributed by atoms with Crippen molar-refractivity contribution >= 4 is 40.9 Å². The Balaban J connectivity index is 1.51. The van der Waals surface area contributed by atoms with Crippen LogP contribution in [-0.2, 0) is 0 Å². The van der Waals surface area contributed by atoms with Gasteiger partial charge in [-0.05, 0) is 54.8 Å². The molecular weight excluding hydrogens is 495 g/mol. The molecule has 2 heterocycles. The smallest absolute Gasteiger partial charge is 0.278 e. The number of rotatable bonds is 7. The molecule has 178 valence electrons. The van der Waals surface area contributed by atoms with E-state index in [0.29, 0.717) is 22.7 Å². The summed E-state index contributed by atoms with van der Waals surface area (Å²) in [6.07, 6.45) is 3.23. The van der Waals surface area contributed by atoms with Crippen LogP contribution in [-0.4, -0.2) is 35.1 Å². The third kappa shape index (κ3) is 5.61. The molecule has 0 atom stereocenters. The Labute approximate surface area is 208 Å². The molecule has 0 fully saturated rings. The molecule has 4 rings (SSSR count). The molecule has 0 aliphatic heterocycles. The zero-order valence-electron chi connectivity index (χ0n) is 18.5. The summed E-state index contributed by atoms with van der Waals surface area (Å²) in [5.41, 5.74) is 1.07. The lowest BCUT2D eigenvalue weighted by molar-refractivity contribution is 0.0957. The van der Waals surface area contributed by atoms with Gasteiger partial charge in [-0.2, -0.15) is 4.98 Å². The van der Waals surface area contributed by atoms with Crippen molar-refractivity contribution in [1.82, 2.24) is 15.3 Å². The van der Waals surface area contributed by atoms with Gasteiger partial charge in [0.05, 0.1) is 5.02 Å². The Bertz CT molecular complexity index is 1390. The molecule has 0 aliphatic rings. The first-order valence-electron chi connectivity index (χ1n) is 10.2. The van der Waals surface area contributed by atoms with E-state index >= 15 is 0 Å². The predicted octanol–water partition coefficient (Wildman–Crippen LogP) is 5.66. The van der Waals surface area contributed by atoms with Crippen molar-refractivity contribution in [1.29, 1.82) is 0 Å². The highest BCUT2D eigenvalue weighted by molar-refractivity contribution is 7.98. The molecule has 2 aromatic carbocycles. The number of ether oxygens (including phenoxy) is 1. The van der Waals surface area contributed by atoms with Crippen LogP contribution in [0.15, 0.2) is 70.4 Å². The molecule has 0 spiro atoms. The average molecular weight is 513 g/mol. The summed E-state index contributed by atoms with van der Waals surface area (Å²) in [7, 11) is 1.52. The number of pyridine rings is 1. The van der Waals surface area contributed by atoms with Crippen molar-refractivity contribution in [3.8, 4) is 22.8 Å². The second-order valence-corrected chi connectivity index (χ2v) is 8.19. The van der Waals surface area contributed by atoms with Gasteiger partial charge in [-0.1, -0.05) is 23.4 Å². The molecule has 0 saturated heterocycles. The maximum Gasteiger partial charge on any atom is 0.278 e. The number of oxazole rings is 1. The maximum absolute atomic E-state index is 13.5. The number of aromatic nitrogens is 2. The monoisotopic (exact) mass is 512 g/mol. The Kier molecular flexibility index (Phi) is 7.33. The summed E-state index contributed by atoms with van der Waals surface area (Å²) < 4.78 is 24.9. The highest BCUT2D eigenvalue weighted by Crippen LogP contribution is 2.34. The first kappa shape index (κ1) is 24.2. The van der Waals surface area contributed by atoms with Crippen LogP contribution in [0.25, 0.3) is 11.3 Å². The van der Waals surface area contributed by atoms with Crippen LogP contribution in [0.5, 0.6) is 11.5 Å². The second-order valence-electron chi connectivity index (χ2n) is 7.02. The van der Waals surface area contributed by atoms with E-state index in [4.69, 9.17) is 20.8 Å². The molecule has 0 aliphatic carbocycles. The van der Waals surface area contributed by atoms with E-state index in [2.05, 4.69) is 20.6 Å². The van der Waals surface area contributed by atoms with E-state index in [-0.39, 0.29) is 33.3 Å². The van der Waals surface area contributed by atoms with Crippen molar-refractivity contribution in [3.05, 3.63) is 83.0 Å². The van der Waals surface area contributed by atoms with Crippen molar-refractivity contribution in [2.24, 2.45) is 0 Å². The van der Waals surface area contributed by atoms with E-state index in [9.17, 15) is 14.0 Å². The first-order chi connectivity index (χ1) is 16.9. The summed E-state index contributed by atoms with van der Waals surface area (Å²) in [5, 5.41) is 5.62. The SMILES string of the molecule is CNC(=O)c1cc(Oc2ccc(NC(=O)c3nc(SC)oc3-c3ccc(F)cc3Cl)cc2)ccn1. The lowest BCUT2D eigenvalue weighted by Crippen LogP contribution is -2.18. The summed E-state index contributed by atoms with van der Waals surface area (Å²) >= 11 is 7.38. The molecule has 8 nitrogen and oxygen atoms in total. The number of hydrogen-bond donors (Lipinski definition) is 2. The van der Waals surface area contributed by atoms with Gasteiger partial charge in [-0.15, -0.1) is 0 Å². The number of halogens is 2. The average Bonchev–Trinajstić information content (AvgIpc) is 3.29. The molecule has 35 heavy (non-hydrogen) atoms. The van der Waals surface area contributed by atoms with Crippen molar-refractivity contribution in [3.63, 3.8) is 0 Å². The summed E-state index contributed by atoms with van der Waals surface area (Å²) in [6.45, 7) is 0. The standard InChI is InChI=1S/C24H18ClFN4O4S/c1-27-22(31)19-12-16(9-10-28-19)33-15-6-4-14(5-7-15)29-23(32)20-21(34-24(30-20)35-2)17-8-3-13(26)11-18(17)25/h3-12H,1-2H3,(H,27,31)(H,29,32). The minimum absolute atomic E-state index is 0.0155. The Morgan fingerprint density at radius 2 is 1.83 bits per heavy atom. The Morgan fingerprint density at radius 3 is 2.51 bits per heavy atom. The molecule has 0 saturated carbocycles. The molecular formula is C24H18ClFN4O4S. The molecule has 4 aromatic rings. The molecule has 2 N–H and O–H groups in total. The summed E-state index contributed by atoms with van der Waals surface area (Å²) in [6, 6.07) is 13.5. The largest absolute Gasteiger partial charge is 0.457 e. The lowest BCUT2D eigenvalue weighted by Gasteiger charge is -2.09. The van der Waals surface area contributed by atoms with Crippen molar-refractivity contribution in [2.45, 2.75) is 5.22 Å². The number of nitrogens with zero attached hydrogens (tertiary/aromatic N) is 2. The van der Waals surface area contributed by atoms with Crippen molar-refractivity contribution in [2.75, 3.05) is 18.6 Å². The zero-order chi connectivity index (χ0) is 24.9. The summed E-state index contributed by atoms with van der Waals surface area (Å²) in [4.78, 5) is 33.0. The van der Waals surface area contributed by atoms with E-state index in [1.807, 2.05) is 0 Å². The number of carbonyl (C=O) groups excluding carboxylic acids is 2. The van der Waals surface area contributed by atoms with Crippen LogP contribution in [0.3, 0.4) is 0 Å². The van der Waals surface area contributed by atoms with E-state index in [0.717, 1.165) is 6.07 Å². The fourth-order valence-corrected chi connectivity index (χ4v) is 3.66. The van der Waals surface area contributed by atoms with Gasteiger partial charge in [-0.25, -0.2) is 4.39 Å². The number of nitrogens with one attached hydrogen (secondary N) is 2. The molecule has 0 unspecified atom stereocenters. The van der Waals surface area contributed by atoms with Crippen LogP contribution in [0.1, 0.15) is 21.0 Å². The number of anilines is 1. The van der Waals surface area contributed by atoms with Crippen LogP contribution in [0.4, 0.5) is 10.1 Å². The van der Waals surface area contributed by atoms with Crippen LogP contribution < -0.4 is 15.4 Å². The van der Waals surface area contributed by atoms with E-state index in [1.54, 1.807) is 36.6 Å². The Morgan fingerprint density at radius 1 is 1.06 bits per heavy atom. The number of amides is 2. The lowest BCUT2D eigenvalue weighted by atomic mass is 10.1. The molecule has 0 bridgehead atoms. The molecule has 2 aromatic heterocycles. The Hall–Kier alpha value is -3.89. The van der Waals surface area contributed by atoms with Crippen LogP contribution in [0, 0.1) is 5.82 Å². The van der Waals surface area contributed by atoms with Gasteiger partial charge < -0.3 is 19.8 Å². The number of thioether (sulfide) groups is 1. The number of benzene rings is 2. The second kappa shape index (κ2) is 10.6. The minimum Gasteiger partial charge on any atom is -0.457 e. The predicted molar refractivity (Wildman–Crippen MR) is 131 cm³/mol. The van der Waals surface area contributed by atoms with Gasteiger partial charge in [0.25, 0.3) is 17.0 Å². The number of hydrogen-bond acceptors (Lipinski definition) is 7. The van der Waals surface area contributed by atoms with Gasteiger partial charge in [-0.3, -0.25) is 14.6 Å². The molecule has 0 radical (unpaired) electrons. The van der Waals surface area contributed by atoms with Gasteiger partial charge in [0.2, 0.25) is 0 Å². The van der Waals surface area contributed by atoms with Crippen LogP contribution in [0.2, 0.25) is 5.02 Å². The quantitative estimate of drug-likeness (QED) is 0.308. The zero-order valence-corrected chi connectivity index (χ0v) is 20.0. The van der Waals surface area contributed by atoms with Gasteiger partial charge in [0.15, 0.2) is 11.5 Å². The summed E-state index contributed by atoms with van der Waals surface area (Å²) in [5.74, 6) is -0.296. The normalized spacial score (nSPS) is 10.6. The van der Waals surface area contributed by atoms with Gasteiger partial charge in [0.1, 0.15) is 23.0 Å². The minimum atomic E-state index is -0.525. The van der Waals surface area contributed by atoms with E-state index in [1.165, 1.54) is 43.2 Å².